The van der Waals surface area contributed by atoms with Crippen LogP contribution in [0.25, 0.3) is 0 Å². The van der Waals surface area contributed by atoms with E-state index >= 15 is 0 Å². The first-order chi connectivity index (χ1) is 7.24. The maximum Gasteiger partial charge on any atom is 0.189 e. The molecule has 16 heavy (non-hydrogen) atoms. The summed E-state index contributed by atoms with van der Waals surface area (Å²) in [6.07, 6.45) is 0.281. The minimum Gasteiger partial charge on any atom is -0.223 e. The van der Waals surface area contributed by atoms with Gasteiger partial charge in [0.2, 0.25) is 0 Å². The molecule has 0 unspecified atom stereocenters. The quantitative estimate of drug-likeness (QED) is 0.824. The van der Waals surface area contributed by atoms with Crippen LogP contribution in [0.4, 0.5) is 8.78 Å². The van der Waals surface area contributed by atoms with E-state index in [9.17, 15) is 17.2 Å². The average Bonchev–Trinajstić information content (AvgIpc) is 2.16. The van der Waals surface area contributed by atoms with Gasteiger partial charge in [-0.15, -0.1) is 0 Å². The molecular formula is C11H14F2O2S. The summed E-state index contributed by atoms with van der Waals surface area (Å²) in [6.45, 7) is 4.57. The molecule has 0 radical (unpaired) electrons. The Bertz CT molecular complexity index is 472. The van der Waals surface area contributed by atoms with E-state index in [1.165, 1.54) is 13.8 Å². The molecule has 0 atom stereocenters. The van der Waals surface area contributed by atoms with Gasteiger partial charge in [-0.05, 0) is 32.4 Å². The molecule has 0 N–H and O–H groups in total. The molecule has 1 aromatic carbocycles. The molecule has 2 nitrogen and oxygen atoms in total. The molecule has 0 aromatic heterocycles. The van der Waals surface area contributed by atoms with Crippen LogP contribution in [0.1, 0.15) is 27.2 Å². The van der Waals surface area contributed by atoms with Crippen molar-refractivity contribution in [2.75, 3.05) is 0 Å². The first kappa shape index (κ1) is 13.1. The highest BCUT2D eigenvalue weighted by Gasteiger charge is 2.37. The fraction of sp³-hybridized carbons (Fsp3) is 0.455. The molecule has 0 aliphatic heterocycles. The molecule has 0 bridgehead atoms. The van der Waals surface area contributed by atoms with Crippen LogP contribution >= 0.6 is 0 Å². The standard InChI is InChI=1S/C11H14F2O2S/c1-4-11(2,3)16(14,15)10-8(12)6-5-7-9(10)13/h5-7H,4H2,1-3H3. The molecule has 0 aliphatic rings. The molecule has 0 aliphatic carbocycles. The summed E-state index contributed by atoms with van der Waals surface area (Å²) in [7, 11) is -4.00. The predicted molar refractivity (Wildman–Crippen MR) is 57.9 cm³/mol. The van der Waals surface area contributed by atoms with Gasteiger partial charge in [-0.25, -0.2) is 17.2 Å². The number of sulfone groups is 1. The predicted octanol–water partition coefficient (Wildman–Crippen LogP) is 2.93. The summed E-state index contributed by atoms with van der Waals surface area (Å²) in [6, 6.07) is 3.03. The molecule has 1 aromatic rings. The molecule has 0 amide bonds. The molecular weight excluding hydrogens is 234 g/mol. The monoisotopic (exact) mass is 248 g/mol. The zero-order valence-corrected chi connectivity index (χ0v) is 10.2. The lowest BCUT2D eigenvalue weighted by atomic mass is 10.1. The number of hydrogen-bond acceptors (Lipinski definition) is 2. The Morgan fingerprint density at radius 3 is 2.00 bits per heavy atom. The van der Waals surface area contributed by atoms with Crippen LogP contribution in [-0.2, 0) is 9.84 Å². The SMILES string of the molecule is CCC(C)(C)S(=O)(=O)c1c(F)cccc1F. The van der Waals surface area contributed by atoms with Crippen molar-refractivity contribution in [1.82, 2.24) is 0 Å². The lowest BCUT2D eigenvalue weighted by Gasteiger charge is -2.23. The minimum absolute atomic E-state index is 0.281. The van der Waals surface area contributed by atoms with E-state index in [0.29, 0.717) is 0 Å². The van der Waals surface area contributed by atoms with Gasteiger partial charge in [0.05, 0.1) is 4.75 Å². The van der Waals surface area contributed by atoms with Gasteiger partial charge >= 0.3 is 0 Å². The highest BCUT2D eigenvalue weighted by Crippen LogP contribution is 2.31. The smallest absolute Gasteiger partial charge is 0.189 e. The topological polar surface area (TPSA) is 34.1 Å². The van der Waals surface area contributed by atoms with Crippen molar-refractivity contribution in [3.63, 3.8) is 0 Å². The summed E-state index contributed by atoms with van der Waals surface area (Å²) in [5.74, 6) is -2.08. The summed E-state index contributed by atoms with van der Waals surface area (Å²) < 4.78 is 49.7. The summed E-state index contributed by atoms with van der Waals surface area (Å²) in [5, 5.41) is 0. The molecule has 0 spiro atoms. The molecule has 1 rings (SSSR count). The number of rotatable bonds is 3. The summed E-state index contributed by atoms with van der Waals surface area (Å²) in [4.78, 5) is -0.832. The van der Waals surface area contributed by atoms with Crippen molar-refractivity contribution in [2.45, 2.75) is 36.8 Å². The molecule has 0 saturated heterocycles. The molecule has 0 fully saturated rings. The highest BCUT2D eigenvalue weighted by molar-refractivity contribution is 7.92. The van der Waals surface area contributed by atoms with Crippen molar-refractivity contribution in [1.29, 1.82) is 0 Å². The second-order valence-electron chi connectivity index (χ2n) is 4.17. The van der Waals surface area contributed by atoms with E-state index in [4.69, 9.17) is 0 Å². The van der Waals surface area contributed by atoms with Crippen molar-refractivity contribution in [3.05, 3.63) is 29.8 Å². The van der Waals surface area contributed by atoms with Crippen molar-refractivity contribution in [3.8, 4) is 0 Å². The Balaban J connectivity index is 3.51. The van der Waals surface area contributed by atoms with E-state index in [2.05, 4.69) is 0 Å². The first-order valence-electron chi connectivity index (χ1n) is 4.92. The lowest BCUT2D eigenvalue weighted by molar-refractivity contribution is 0.496. The van der Waals surface area contributed by atoms with E-state index < -0.39 is 31.1 Å². The van der Waals surface area contributed by atoms with Gasteiger partial charge in [0.15, 0.2) is 9.84 Å². The normalized spacial score (nSPS) is 12.8. The number of hydrogen-bond donors (Lipinski definition) is 0. The van der Waals surface area contributed by atoms with E-state index in [1.54, 1.807) is 6.92 Å². The Labute approximate surface area is 94.2 Å². The van der Waals surface area contributed by atoms with Gasteiger partial charge in [-0.1, -0.05) is 13.0 Å². The fourth-order valence-electron chi connectivity index (χ4n) is 1.21. The Kier molecular flexibility index (Phi) is 3.38. The molecule has 0 saturated carbocycles. The third-order valence-corrected chi connectivity index (χ3v) is 5.44. The van der Waals surface area contributed by atoms with E-state index in [0.717, 1.165) is 18.2 Å². The van der Waals surface area contributed by atoms with Gasteiger partial charge in [0, 0.05) is 0 Å². The van der Waals surface area contributed by atoms with Crippen LogP contribution < -0.4 is 0 Å². The van der Waals surface area contributed by atoms with Crippen LogP contribution in [0.2, 0.25) is 0 Å². The lowest BCUT2D eigenvalue weighted by Crippen LogP contribution is -2.32. The van der Waals surface area contributed by atoms with Gasteiger partial charge in [0.25, 0.3) is 0 Å². The summed E-state index contributed by atoms with van der Waals surface area (Å²) >= 11 is 0. The van der Waals surface area contributed by atoms with Crippen molar-refractivity contribution >= 4 is 9.84 Å². The second kappa shape index (κ2) is 4.13. The zero-order valence-electron chi connectivity index (χ0n) is 9.42. The molecule has 90 valence electrons. The van der Waals surface area contributed by atoms with Crippen LogP contribution in [-0.4, -0.2) is 13.2 Å². The van der Waals surface area contributed by atoms with E-state index in [1.807, 2.05) is 0 Å². The number of benzene rings is 1. The Morgan fingerprint density at radius 1 is 1.19 bits per heavy atom. The van der Waals surface area contributed by atoms with Gasteiger partial charge in [0.1, 0.15) is 16.5 Å². The first-order valence-corrected chi connectivity index (χ1v) is 6.41. The van der Waals surface area contributed by atoms with Crippen LogP contribution in [0.5, 0.6) is 0 Å². The Hall–Kier alpha value is -0.970. The van der Waals surface area contributed by atoms with Crippen LogP contribution in [0, 0.1) is 11.6 Å². The number of halogens is 2. The van der Waals surface area contributed by atoms with Gasteiger partial charge in [-0.3, -0.25) is 0 Å². The minimum atomic E-state index is -4.00. The maximum atomic E-state index is 13.4. The summed E-state index contributed by atoms with van der Waals surface area (Å²) in [5.41, 5.74) is 0. The average molecular weight is 248 g/mol. The highest BCUT2D eigenvalue weighted by atomic mass is 32.2. The van der Waals surface area contributed by atoms with Crippen LogP contribution in [0.15, 0.2) is 23.1 Å². The van der Waals surface area contributed by atoms with Gasteiger partial charge in [-0.2, -0.15) is 0 Å². The largest absolute Gasteiger partial charge is 0.223 e. The second-order valence-corrected chi connectivity index (χ2v) is 6.69. The maximum absolute atomic E-state index is 13.4. The third kappa shape index (κ3) is 1.96. The van der Waals surface area contributed by atoms with Crippen LogP contribution in [0.3, 0.4) is 0 Å². The zero-order chi connectivity index (χ0) is 12.6. The van der Waals surface area contributed by atoms with E-state index in [-0.39, 0.29) is 6.42 Å². The third-order valence-electron chi connectivity index (χ3n) is 2.77. The molecule has 5 heteroatoms. The van der Waals surface area contributed by atoms with Crippen molar-refractivity contribution < 1.29 is 17.2 Å². The fourth-order valence-corrected chi connectivity index (χ4v) is 2.79. The van der Waals surface area contributed by atoms with Gasteiger partial charge < -0.3 is 0 Å². The van der Waals surface area contributed by atoms with Crippen molar-refractivity contribution in [2.24, 2.45) is 0 Å². The molecule has 0 heterocycles. The Morgan fingerprint density at radius 2 is 1.62 bits per heavy atom.